The number of nitrogens with one attached hydrogen (secondary N) is 2. The zero-order valence-electron chi connectivity index (χ0n) is 16.7. The fourth-order valence-electron chi connectivity index (χ4n) is 2.88. The number of hydrogen-bond acceptors (Lipinski definition) is 6. The molecule has 2 rings (SSSR count). The van der Waals surface area contributed by atoms with Crippen molar-refractivity contribution in [3.8, 4) is 5.75 Å². The van der Waals surface area contributed by atoms with Crippen LogP contribution in [0.15, 0.2) is 24.3 Å². The van der Waals surface area contributed by atoms with Gasteiger partial charge in [-0.3, -0.25) is 19.7 Å². The second kappa shape index (κ2) is 11.4. The Hall–Kier alpha value is -2.68. The van der Waals surface area contributed by atoms with Crippen molar-refractivity contribution in [2.24, 2.45) is 0 Å². The quantitative estimate of drug-likeness (QED) is 0.374. The number of benzene rings is 1. The van der Waals surface area contributed by atoms with Crippen LogP contribution in [0.4, 0.5) is 0 Å². The first-order valence-corrected chi connectivity index (χ1v) is 10.2. The zero-order chi connectivity index (χ0) is 21.2. The molecule has 29 heavy (non-hydrogen) atoms. The van der Waals surface area contributed by atoms with E-state index in [1.54, 1.807) is 29.2 Å². The molecule has 0 bridgehead atoms. The van der Waals surface area contributed by atoms with Gasteiger partial charge in [0, 0.05) is 13.1 Å². The molecule has 1 fully saturated rings. The van der Waals surface area contributed by atoms with E-state index in [1.807, 2.05) is 13.8 Å². The van der Waals surface area contributed by atoms with Gasteiger partial charge in [0.1, 0.15) is 11.8 Å². The van der Waals surface area contributed by atoms with Crippen molar-refractivity contribution in [1.82, 2.24) is 15.5 Å². The molecule has 2 amide bonds. The van der Waals surface area contributed by atoms with E-state index < -0.39 is 17.9 Å². The van der Waals surface area contributed by atoms with E-state index in [0.29, 0.717) is 37.6 Å². The molecule has 1 aromatic carbocycles. The Bertz CT molecular complexity index is 755. The van der Waals surface area contributed by atoms with E-state index in [1.165, 1.54) is 0 Å². The van der Waals surface area contributed by atoms with Crippen molar-refractivity contribution >= 4 is 35.1 Å². The highest BCUT2D eigenvalue weighted by Gasteiger charge is 2.34. The molecule has 1 atom stereocenters. The Labute approximate surface area is 175 Å². The molecule has 1 aromatic rings. The summed E-state index contributed by atoms with van der Waals surface area (Å²) in [5.74, 6) is -0.784. The molecule has 1 aliphatic rings. The molecule has 1 saturated heterocycles. The third-order valence-electron chi connectivity index (χ3n) is 4.36. The fraction of sp³-hybridized carbons (Fsp3) is 0.500. The van der Waals surface area contributed by atoms with Crippen molar-refractivity contribution in [3.63, 3.8) is 0 Å². The molecule has 0 spiro atoms. The lowest BCUT2D eigenvalue weighted by Crippen LogP contribution is -2.60. The number of thiocarbonyl (C=S) groups is 1. The van der Waals surface area contributed by atoms with E-state index in [-0.39, 0.29) is 17.4 Å². The van der Waals surface area contributed by atoms with E-state index in [2.05, 4.69) is 10.6 Å². The minimum Gasteiger partial charge on any atom is -0.493 e. The second-order valence-corrected chi connectivity index (χ2v) is 6.85. The molecule has 9 heteroatoms. The Kier molecular flexibility index (Phi) is 8.85. The summed E-state index contributed by atoms with van der Waals surface area (Å²) < 4.78 is 10.6. The van der Waals surface area contributed by atoms with Crippen molar-refractivity contribution in [1.29, 1.82) is 0 Å². The summed E-state index contributed by atoms with van der Waals surface area (Å²) in [6.45, 7) is 5.31. The van der Waals surface area contributed by atoms with Gasteiger partial charge in [0.25, 0.3) is 5.91 Å². The second-order valence-electron chi connectivity index (χ2n) is 6.47. The summed E-state index contributed by atoms with van der Waals surface area (Å²) in [4.78, 5) is 38.6. The molecular formula is C20H27N3O5S. The number of carbonyl (C=O) groups is 3. The maximum absolute atomic E-state index is 12.7. The summed E-state index contributed by atoms with van der Waals surface area (Å²) >= 11 is 5.37. The molecule has 2 N–H and O–H groups in total. The number of hydrogen-bond donors (Lipinski definition) is 2. The number of carbonyl (C=O) groups excluding carboxylic acids is 3. The summed E-state index contributed by atoms with van der Waals surface area (Å²) in [6, 6.07) is 6.01. The normalized spacial score (nSPS) is 16.0. The van der Waals surface area contributed by atoms with Crippen LogP contribution in [-0.4, -0.2) is 60.1 Å². The predicted molar refractivity (Wildman–Crippen MR) is 112 cm³/mol. The van der Waals surface area contributed by atoms with Gasteiger partial charge in [0.2, 0.25) is 5.91 Å². The predicted octanol–water partition coefficient (Wildman–Crippen LogP) is 1.63. The van der Waals surface area contributed by atoms with Crippen LogP contribution < -0.4 is 15.4 Å². The van der Waals surface area contributed by atoms with Crippen LogP contribution in [0.1, 0.15) is 43.5 Å². The molecule has 158 valence electrons. The number of ether oxygens (including phenoxy) is 2. The molecule has 0 aliphatic carbocycles. The summed E-state index contributed by atoms with van der Waals surface area (Å²) in [5, 5.41) is 5.45. The first-order valence-electron chi connectivity index (χ1n) is 9.75. The summed E-state index contributed by atoms with van der Waals surface area (Å²) in [7, 11) is 0. The SMILES string of the molecule is CCCCOC(=O)C[C@@H]1C(=O)NCCN1C(=S)NC(=O)c1ccccc1OCC. The van der Waals surface area contributed by atoms with Gasteiger partial charge in [-0.15, -0.1) is 0 Å². The third kappa shape index (κ3) is 6.42. The van der Waals surface area contributed by atoms with Gasteiger partial charge in [-0.05, 0) is 37.7 Å². The van der Waals surface area contributed by atoms with E-state index in [0.717, 1.165) is 12.8 Å². The Balaban J connectivity index is 2.05. The van der Waals surface area contributed by atoms with Crippen LogP contribution in [-0.2, 0) is 14.3 Å². The smallest absolute Gasteiger partial charge is 0.308 e. The van der Waals surface area contributed by atoms with E-state index >= 15 is 0 Å². The van der Waals surface area contributed by atoms with Crippen LogP contribution >= 0.6 is 12.2 Å². The number of nitrogens with zero attached hydrogens (tertiary/aromatic N) is 1. The van der Waals surface area contributed by atoms with Crippen molar-refractivity contribution in [2.45, 2.75) is 39.2 Å². The first kappa shape index (κ1) is 22.6. The van der Waals surface area contributed by atoms with Crippen molar-refractivity contribution in [3.05, 3.63) is 29.8 Å². The number of amides is 2. The fourth-order valence-corrected chi connectivity index (χ4v) is 3.19. The van der Waals surface area contributed by atoms with Gasteiger partial charge in [-0.2, -0.15) is 0 Å². The Morgan fingerprint density at radius 2 is 2.07 bits per heavy atom. The highest BCUT2D eigenvalue weighted by Crippen LogP contribution is 2.18. The van der Waals surface area contributed by atoms with Gasteiger partial charge >= 0.3 is 5.97 Å². The van der Waals surface area contributed by atoms with Crippen molar-refractivity contribution in [2.75, 3.05) is 26.3 Å². The Morgan fingerprint density at radius 1 is 1.31 bits per heavy atom. The number of piperazine rings is 1. The minimum atomic E-state index is -0.826. The highest BCUT2D eigenvalue weighted by molar-refractivity contribution is 7.80. The monoisotopic (exact) mass is 421 g/mol. The summed E-state index contributed by atoms with van der Waals surface area (Å²) in [6.07, 6.45) is 1.53. The summed E-state index contributed by atoms with van der Waals surface area (Å²) in [5.41, 5.74) is 0.341. The molecule has 0 unspecified atom stereocenters. The van der Waals surface area contributed by atoms with Crippen LogP contribution in [0.3, 0.4) is 0 Å². The number of rotatable bonds is 8. The average Bonchev–Trinajstić information content (AvgIpc) is 2.70. The third-order valence-corrected chi connectivity index (χ3v) is 4.70. The van der Waals surface area contributed by atoms with Gasteiger partial charge in [-0.25, -0.2) is 0 Å². The van der Waals surface area contributed by atoms with Crippen LogP contribution in [0.2, 0.25) is 0 Å². The Morgan fingerprint density at radius 3 is 2.79 bits per heavy atom. The molecule has 0 saturated carbocycles. The maximum Gasteiger partial charge on any atom is 0.308 e. The maximum atomic E-state index is 12.7. The van der Waals surface area contributed by atoms with Gasteiger partial charge in [-0.1, -0.05) is 25.5 Å². The topological polar surface area (TPSA) is 97.0 Å². The molecular weight excluding hydrogens is 394 g/mol. The van der Waals surface area contributed by atoms with Gasteiger partial charge in [0.15, 0.2) is 5.11 Å². The number of unbranched alkanes of at least 4 members (excludes halogenated alkanes) is 1. The zero-order valence-corrected chi connectivity index (χ0v) is 17.5. The molecule has 0 aromatic heterocycles. The average molecular weight is 422 g/mol. The molecule has 8 nitrogen and oxygen atoms in total. The molecule has 1 heterocycles. The highest BCUT2D eigenvalue weighted by atomic mass is 32.1. The van der Waals surface area contributed by atoms with Crippen LogP contribution in [0.5, 0.6) is 5.75 Å². The van der Waals surface area contributed by atoms with Gasteiger partial charge < -0.3 is 19.7 Å². The lowest BCUT2D eigenvalue weighted by Gasteiger charge is -2.36. The molecule has 1 aliphatic heterocycles. The van der Waals surface area contributed by atoms with E-state index in [9.17, 15) is 14.4 Å². The lowest BCUT2D eigenvalue weighted by atomic mass is 10.1. The number of esters is 1. The largest absolute Gasteiger partial charge is 0.493 e. The van der Waals surface area contributed by atoms with Crippen molar-refractivity contribution < 1.29 is 23.9 Å². The van der Waals surface area contributed by atoms with E-state index in [4.69, 9.17) is 21.7 Å². The van der Waals surface area contributed by atoms with Crippen LogP contribution in [0.25, 0.3) is 0 Å². The number of para-hydroxylation sites is 1. The lowest BCUT2D eigenvalue weighted by molar-refractivity contribution is -0.147. The molecule has 0 radical (unpaired) electrons. The first-order chi connectivity index (χ1) is 14.0. The standard InChI is InChI=1S/C20H27N3O5S/c1-3-5-12-28-17(24)13-15-19(26)21-10-11-23(15)20(29)22-18(25)14-8-6-7-9-16(14)27-4-2/h6-9,15H,3-5,10-13H2,1-2H3,(H,21,26)(H,22,25,29)/t15-/m1/s1. The van der Waals surface area contributed by atoms with Crippen LogP contribution in [0, 0.1) is 0 Å². The minimum absolute atomic E-state index is 0.0857. The van der Waals surface area contributed by atoms with Gasteiger partial charge in [0.05, 0.1) is 25.2 Å².